The van der Waals surface area contributed by atoms with Crippen molar-refractivity contribution in [2.24, 2.45) is 11.8 Å². The molecule has 1 aromatic heterocycles. The molecule has 7 nitrogen and oxygen atoms in total. The zero-order valence-electron chi connectivity index (χ0n) is 19.4. The number of carbonyl (C=O) groups is 3. The molecule has 0 aromatic carbocycles. The summed E-state index contributed by atoms with van der Waals surface area (Å²) >= 11 is 1.48. The van der Waals surface area contributed by atoms with Crippen LogP contribution in [0.1, 0.15) is 54.8 Å². The van der Waals surface area contributed by atoms with Gasteiger partial charge in [-0.1, -0.05) is 13.8 Å². The molecule has 8 heteroatoms. The average molecular weight is 449 g/mol. The molecule has 31 heavy (non-hydrogen) atoms. The molecule has 2 fully saturated rings. The highest BCUT2D eigenvalue weighted by molar-refractivity contribution is 7.12. The summed E-state index contributed by atoms with van der Waals surface area (Å²) in [6, 6.07) is 1.70. The summed E-state index contributed by atoms with van der Waals surface area (Å²) in [6.07, 6.45) is 2.97. The first-order valence-corrected chi connectivity index (χ1v) is 12.2. The third kappa shape index (κ3) is 4.95. The van der Waals surface area contributed by atoms with E-state index in [1.54, 1.807) is 0 Å². The van der Waals surface area contributed by atoms with Crippen LogP contribution in [0.5, 0.6) is 0 Å². The van der Waals surface area contributed by atoms with Gasteiger partial charge in [0.15, 0.2) is 0 Å². The number of hydrogen-bond donors (Lipinski definition) is 1. The van der Waals surface area contributed by atoms with E-state index >= 15 is 0 Å². The summed E-state index contributed by atoms with van der Waals surface area (Å²) in [6.45, 7) is 8.53. The topological polar surface area (TPSA) is 73.0 Å². The SMILES string of the molecule is Cc1ccsc1C(=O)N1CCC([C@]2(CCC(C)C)NC(=O)N(CCN(C)C)C2=O)CC1. The second-order valence-electron chi connectivity index (χ2n) is 9.59. The van der Waals surface area contributed by atoms with Crippen molar-refractivity contribution in [3.8, 4) is 0 Å². The number of rotatable bonds is 8. The predicted molar refractivity (Wildman–Crippen MR) is 123 cm³/mol. The van der Waals surface area contributed by atoms with E-state index in [1.807, 2.05) is 42.3 Å². The van der Waals surface area contributed by atoms with E-state index in [4.69, 9.17) is 0 Å². The zero-order valence-corrected chi connectivity index (χ0v) is 20.3. The first-order valence-electron chi connectivity index (χ1n) is 11.3. The first kappa shape index (κ1) is 23.7. The summed E-state index contributed by atoms with van der Waals surface area (Å²) in [7, 11) is 3.87. The van der Waals surface area contributed by atoms with Gasteiger partial charge in [0.2, 0.25) is 0 Å². The number of imide groups is 1. The van der Waals surface area contributed by atoms with Gasteiger partial charge in [0, 0.05) is 26.2 Å². The molecule has 2 aliphatic heterocycles. The van der Waals surface area contributed by atoms with E-state index in [0.717, 1.165) is 29.7 Å². The number of likely N-dealkylation sites (tertiary alicyclic amines) is 1. The Morgan fingerprint density at radius 2 is 1.97 bits per heavy atom. The van der Waals surface area contributed by atoms with Gasteiger partial charge in [0.1, 0.15) is 5.54 Å². The van der Waals surface area contributed by atoms with Gasteiger partial charge in [0.05, 0.1) is 4.88 Å². The molecule has 4 amide bonds. The van der Waals surface area contributed by atoms with Gasteiger partial charge in [-0.3, -0.25) is 14.5 Å². The molecular formula is C23H36N4O3S. The fraction of sp³-hybridized carbons (Fsp3) is 0.696. The maximum Gasteiger partial charge on any atom is 0.325 e. The van der Waals surface area contributed by atoms with Crippen LogP contribution in [-0.4, -0.2) is 78.4 Å². The maximum atomic E-state index is 13.6. The minimum absolute atomic E-state index is 0.0422. The molecular weight excluding hydrogens is 412 g/mol. The third-order valence-corrected chi connectivity index (χ3v) is 7.63. The number of carbonyl (C=O) groups excluding carboxylic acids is 3. The van der Waals surface area contributed by atoms with Crippen LogP contribution in [0.2, 0.25) is 0 Å². The minimum atomic E-state index is -0.846. The fourth-order valence-corrected chi connectivity index (χ4v) is 5.52. The Balaban J connectivity index is 1.74. The fourth-order valence-electron chi connectivity index (χ4n) is 4.63. The van der Waals surface area contributed by atoms with Crippen molar-refractivity contribution in [3.63, 3.8) is 0 Å². The van der Waals surface area contributed by atoms with E-state index < -0.39 is 5.54 Å². The summed E-state index contributed by atoms with van der Waals surface area (Å²) in [5, 5.41) is 5.06. The molecule has 1 atom stereocenters. The number of urea groups is 1. The number of amides is 4. The van der Waals surface area contributed by atoms with Crippen molar-refractivity contribution in [1.29, 1.82) is 0 Å². The number of nitrogens with one attached hydrogen (secondary N) is 1. The number of piperidine rings is 1. The highest BCUT2D eigenvalue weighted by atomic mass is 32.1. The van der Waals surface area contributed by atoms with Crippen molar-refractivity contribution in [2.45, 2.75) is 52.0 Å². The Labute approximate surface area is 189 Å². The van der Waals surface area contributed by atoms with Gasteiger partial charge < -0.3 is 15.1 Å². The number of aryl methyl sites for hydroxylation is 1. The second kappa shape index (κ2) is 9.69. The molecule has 2 aliphatic rings. The summed E-state index contributed by atoms with van der Waals surface area (Å²) in [5.74, 6) is 0.483. The van der Waals surface area contributed by atoms with Gasteiger partial charge in [-0.15, -0.1) is 11.3 Å². The normalized spacial score (nSPS) is 22.7. The lowest BCUT2D eigenvalue weighted by molar-refractivity contribution is -0.134. The molecule has 1 N–H and O–H groups in total. The number of hydrogen-bond acceptors (Lipinski definition) is 5. The van der Waals surface area contributed by atoms with Crippen LogP contribution in [0.25, 0.3) is 0 Å². The van der Waals surface area contributed by atoms with Crippen molar-refractivity contribution in [1.82, 2.24) is 20.0 Å². The monoisotopic (exact) mass is 448 g/mol. The quantitative estimate of drug-likeness (QED) is 0.620. The molecule has 3 rings (SSSR count). The highest BCUT2D eigenvalue weighted by Gasteiger charge is 2.55. The maximum absolute atomic E-state index is 13.6. The molecule has 0 saturated carbocycles. The summed E-state index contributed by atoms with van der Waals surface area (Å²) < 4.78 is 0. The Kier molecular flexibility index (Phi) is 7.42. The van der Waals surface area contributed by atoms with Crippen LogP contribution in [0, 0.1) is 18.8 Å². The third-order valence-electron chi connectivity index (χ3n) is 6.62. The van der Waals surface area contributed by atoms with Crippen LogP contribution in [0.3, 0.4) is 0 Å². The Hall–Kier alpha value is -1.93. The second-order valence-corrected chi connectivity index (χ2v) is 10.5. The van der Waals surface area contributed by atoms with E-state index in [2.05, 4.69) is 19.2 Å². The van der Waals surface area contributed by atoms with E-state index in [1.165, 1.54) is 16.2 Å². The Morgan fingerprint density at radius 3 is 2.52 bits per heavy atom. The predicted octanol–water partition coefficient (Wildman–Crippen LogP) is 3.20. The molecule has 172 valence electrons. The van der Waals surface area contributed by atoms with E-state index in [-0.39, 0.29) is 23.8 Å². The molecule has 0 bridgehead atoms. The molecule has 0 spiro atoms. The average Bonchev–Trinajstić information content (AvgIpc) is 3.25. The van der Waals surface area contributed by atoms with E-state index in [0.29, 0.717) is 38.5 Å². The van der Waals surface area contributed by atoms with Gasteiger partial charge >= 0.3 is 6.03 Å². The van der Waals surface area contributed by atoms with Crippen molar-refractivity contribution >= 4 is 29.2 Å². The number of nitrogens with zero attached hydrogens (tertiary/aromatic N) is 3. The molecule has 3 heterocycles. The minimum Gasteiger partial charge on any atom is -0.338 e. The van der Waals surface area contributed by atoms with Crippen molar-refractivity contribution in [2.75, 3.05) is 40.3 Å². The number of thiophene rings is 1. The van der Waals surface area contributed by atoms with Crippen LogP contribution in [0.15, 0.2) is 11.4 Å². The van der Waals surface area contributed by atoms with Gasteiger partial charge in [0.25, 0.3) is 11.8 Å². The first-order chi connectivity index (χ1) is 14.7. The molecule has 0 unspecified atom stereocenters. The van der Waals surface area contributed by atoms with Crippen LogP contribution in [-0.2, 0) is 4.79 Å². The van der Waals surface area contributed by atoms with Crippen molar-refractivity contribution < 1.29 is 14.4 Å². The highest BCUT2D eigenvalue weighted by Crippen LogP contribution is 2.38. The van der Waals surface area contributed by atoms with Crippen LogP contribution < -0.4 is 5.32 Å². The molecule has 0 aliphatic carbocycles. The molecule has 1 aromatic rings. The lowest BCUT2D eigenvalue weighted by Crippen LogP contribution is -2.56. The largest absolute Gasteiger partial charge is 0.338 e. The van der Waals surface area contributed by atoms with Crippen LogP contribution in [0.4, 0.5) is 4.79 Å². The molecule has 0 radical (unpaired) electrons. The van der Waals surface area contributed by atoms with E-state index in [9.17, 15) is 14.4 Å². The van der Waals surface area contributed by atoms with Gasteiger partial charge in [-0.25, -0.2) is 4.79 Å². The number of likely N-dealkylation sites (N-methyl/N-ethyl adjacent to an activating group) is 1. The zero-order chi connectivity index (χ0) is 22.8. The lowest BCUT2D eigenvalue weighted by atomic mass is 9.74. The Morgan fingerprint density at radius 1 is 1.29 bits per heavy atom. The van der Waals surface area contributed by atoms with Gasteiger partial charge in [-0.2, -0.15) is 0 Å². The van der Waals surface area contributed by atoms with Gasteiger partial charge in [-0.05, 0) is 75.5 Å². The molecule has 2 saturated heterocycles. The standard InChI is InChI=1S/C23H36N4O3S/c1-16(2)6-10-23(21(29)27(22(30)24-23)14-13-25(4)5)18-7-11-26(12-8-18)20(28)19-17(3)9-15-31-19/h9,15-16,18H,6-8,10-14H2,1-5H3,(H,24,30)/t23-/m0/s1. The Bertz CT molecular complexity index is 813. The smallest absolute Gasteiger partial charge is 0.325 e. The summed E-state index contributed by atoms with van der Waals surface area (Å²) in [5.41, 5.74) is 0.169. The summed E-state index contributed by atoms with van der Waals surface area (Å²) in [4.78, 5) is 45.3. The lowest BCUT2D eigenvalue weighted by Gasteiger charge is -2.41. The van der Waals surface area contributed by atoms with Crippen LogP contribution >= 0.6 is 11.3 Å². The van der Waals surface area contributed by atoms with Crippen molar-refractivity contribution in [3.05, 3.63) is 21.9 Å².